The Balaban J connectivity index is 2.55. The lowest BCUT2D eigenvalue weighted by molar-refractivity contribution is 0.109. The van der Waals surface area contributed by atoms with Crippen molar-refractivity contribution in [1.82, 2.24) is 0 Å². The Morgan fingerprint density at radius 2 is 2.00 bits per heavy atom. The van der Waals surface area contributed by atoms with Gasteiger partial charge in [0, 0.05) is 12.7 Å². The molecule has 1 rings (SSSR count). The molecule has 0 saturated heterocycles. The lowest BCUT2D eigenvalue weighted by Crippen LogP contribution is -2.29. The number of anilines is 1. The minimum absolute atomic E-state index is 0.0244. The summed E-state index contributed by atoms with van der Waals surface area (Å²) >= 11 is 0. The van der Waals surface area contributed by atoms with Crippen LogP contribution in [0.4, 0.5) is 10.5 Å². The zero-order valence-electron chi connectivity index (χ0n) is 10.1. The fourth-order valence-corrected chi connectivity index (χ4v) is 1.47. The molecule has 0 aliphatic rings. The van der Waals surface area contributed by atoms with Gasteiger partial charge >= 0.3 is 6.09 Å². The van der Waals surface area contributed by atoms with Crippen LogP contribution in [0.5, 0.6) is 0 Å². The van der Waals surface area contributed by atoms with Crippen molar-refractivity contribution in [2.45, 2.75) is 32.8 Å². The topological polar surface area (TPSA) is 29.5 Å². The van der Waals surface area contributed by atoms with Gasteiger partial charge in [-0.15, -0.1) is 0 Å². The molecule has 0 bridgehead atoms. The van der Waals surface area contributed by atoms with Crippen LogP contribution in [-0.4, -0.2) is 19.2 Å². The van der Waals surface area contributed by atoms with E-state index in [1.807, 2.05) is 37.3 Å². The number of rotatable bonds is 4. The Morgan fingerprint density at radius 3 is 2.56 bits per heavy atom. The molecule has 3 heteroatoms. The fourth-order valence-electron chi connectivity index (χ4n) is 1.47. The third kappa shape index (κ3) is 3.57. The summed E-state index contributed by atoms with van der Waals surface area (Å²) in [5.41, 5.74) is 0.844. The van der Waals surface area contributed by atoms with Crippen molar-refractivity contribution in [3.63, 3.8) is 0 Å². The molecule has 88 valence electrons. The first kappa shape index (κ1) is 12.6. The number of para-hydroxylation sites is 1. The van der Waals surface area contributed by atoms with Crippen LogP contribution in [0.25, 0.3) is 0 Å². The Labute approximate surface area is 97.0 Å². The first-order valence-corrected chi connectivity index (χ1v) is 5.64. The molecule has 0 aliphatic carbocycles. The van der Waals surface area contributed by atoms with Crippen molar-refractivity contribution >= 4 is 11.8 Å². The number of carbonyl (C=O) groups is 1. The van der Waals surface area contributed by atoms with Crippen LogP contribution in [0.1, 0.15) is 26.7 Å². The maximum Gasteiger partial charge on any atom is 0.414 e. The molecule has 0 spiro atoms. The highest BCUT2D eigenvalue weighted by Gasteiger charge is 2.14. The normalized spacial score (nSPS) is 11.9. The molecule has 1 amide bonds. The van der Waals surface area contributed by atoms with Crippen LogP contribution in [0, 0.1) is 0 Å². The van der Waals surface area contributed by atoms with Crippen LogP contribution in [0.3, 0.4) is 0 Å². The second kappa shape index (κ2) is 6.16. The summed E-state index contributed by atoms with van der Waals surface area (Å²) in [6.45, 7) is 3.99. The van der Waals surface area contributed by atoms with Gasteiger partial charge in [0.1, 0.15) is 6.10 Å². The van der Waals surface area contributed by atoms with Crippen LogP contribution < -0.4 is 4.90 Å². The highest BCUT2D eigenvalue weighted by molar-refractivity contribution is 5.86. The minimum atomic E-state index is -0.299. The summed E-state index contributed by atoms with van der Waals surface area (Å²) in [5.74, 6) is 0. The summed E-state index contributed by atoms with van der Waals surface area (Å²) in [4.78, 5) is 13.3. The van der Waals surface area contributed by atoms with Crippen molar-refractivity contribution in [2.24, 2.45) is 0 Å². The predicted molar refractivity (Wildman–Crippen MR) is 65.7 cm³/mol. The van der Waals surface area contributed by atoms with Crippen LogP contribution in [0.15, 0.2) is 30.3 Å². The molecule has 0 heterocycles. The van der Waals surface area contributed by atoms with Crippen molar-refractivity contribution in [1.29, 1.82) is 0 Å². The number of carbonyl (C=O) groups excluding carboxylic acids is 1. The Morgan fingerprint density at radius 1 is 1.38 bits per heavy atom. The SMILES string of the molecule is CCCC(C)OC(=O)N(C)c1ccccc1. The molecule has 1 aromatic rings. The highest BCUT2D eigenvalue weighted by Crippen LogP contribution is 2.13. The van der Waals surface area contributed by atoms with Gasteiger partial charge in [-0.25, -0.2) is 4.79 Å². The molecular weight excluding hydrogens is 202 g/mol. The monoisotopic (exact) mass is 221 g/mol. The van der Waals surface area contributed by atoms with Gasteiger partial charge in [-0.1, -0.05) is 31.5 Å². The largest absolute Gasteiger partial charge is 0.446 e. The maximum absolute atomic E-state index is 11.7. The van der Waals surface area contributed by atoms with Crippen molar-refractivity contribution in [3.8, 4) is 0 Å². The molecule has 1 aromatic carbocycles. The average Bonchev–Trinajstić information content (AvgIpc) is 2.29. The van der Waals surface area contributed by atoms with E-state index in [0.29, 0.717) is 0 Å². The summed E-state index contributed by atoms with van der Waals surface area (Å²) < 4.78 is 5.29. The zero-order chi connectivity index (χ0) is 12.0. The molecule has 3 nitrogen and oxygen atoms in total. The molecular formula is C13H19NO2. The van der Waals surface area contributed by atoms with Gasteiger partial charge in [0.25, 0.3) is 0 Å². The van der Waals surface area contributed by atoms with Gasteiger partial charge in [0.15, 0.2) is 0 Å². The zero-order valence-corrected chi connectivity index (χ0v) is 10.1. The summed E-state index contributed by atoms with van der Waals surface area (Å²) in [7, 11) is 1.72. The number of benzene rings is 1. The standard InChI is InChI=1S/C13H19NO2/c1-4-8-11(2)16-13(15)14(3)12-9-6-5-7-10-12/h5-7,9-11H,4,8H2,1-3H3. The van der Waals surface area contributed by atoms with Gasteiger partial charge in [0.05, 0.1) is 0 Å². The van der Waals surface area contributed by atoms with E-state index in [4.69, 9.17) is 4.74 Å². The van der Waals surface area contributed by atoms with Gasteiger partial charge in [-0.3, -0.25) is 4.90 Å². The van der Waals surface area contributed by atoms with E-state index in [0.717, 1.165) is 18.5 Å². The Kier molecular flexibility index (Phi) is 4.83. The van der Waals surface area contributed by atoms with E-state index in [1.54, 1.807) is 7.05 Å². The van der Waals surface area contributed by atoms with E-state index in [9.17, 15) is 4.79 Å². The average molecular weight is 221 g/mol. The smallest absolute Gasteiger partial charge is 0.414 e. The number of hydrogen-bond acceptors (Lipinski definition) is 2. The number of ether oxygens (including phenoxy) is 1. The molecule has 0 fully saturated rings. The van der Waals surface area contributed by atoms with Crippen LogP contribution in [-0.2, 0) is 4.74 Å². The highest BCUT2D eigenvalue weighted by atomic mass is 16.6. The van der Waals surface area contributed by atoms with E-state index in [2.05, 4.69) is 6.92 Å². The molecule has 16 heavy (non-hydrogen) atoms. The number of hydrogen-bond donors (Lipinski definition) is 0. The first-order valence-electron chi connectivity index (χ1n) is 5.64. The molecule has 0 aliphatic heterocycles. The lowest BCUT2D eigenvalue weighted by atomic mass is 10.2. The molecule has 0 radical (unpaired) electrons. The number of nitrogens with zero attached hydrogens (tertiary/aromatic N) is 1. The molecule has 1 atom stereocenters. The summed E-state index contributed by atoms with van der Waals surface area (Å²) in [6, 6.07) is 9.48. The second-order valence-electron chi connectivity index (χ2n) is 3.88. The fraction of sp³-hybridized carbons (Fsp3) is 0.462. The Bertz CT molecular complexity index is 324. The predicted octanol–water partition coefficient (Wildman–Crippen LogP) is 3.45. The summed E-state index contributed by atoms with van der Waals surface area (Å²) in [5, 5.41) is 0. The van der Waals surface area contributed by atoms with Crippen LogP contribution in [0.2, 0.25) is 0 Å². The second-order valence-corrected chi connectivity index (χ2v) is 3.88. The van der Waals surface area contributed by atoms with Crippen LogP contribution >= 0.6 is 0 Å². The van der Waals surface area contributed by atoms with E-state index in [-0.39, 0.29) is 12.2 Å². The van der Waals surface area contributed by atoms with E-state index < -0.39 is 0 Å². The minimum Gasteiger partial charge on any atom is -0.446 e. The van der Waals surface area contributed by atoms with Crippen molar-refractivity contribution in [2.75, 3.05) is 11.9 Å². The van der Waals surface area contributed by atoms with E-state index >= 15 is 0 Å². The Hall–Kier alpha value is -1.51. The molecule has 0 aromatic heterocycles. The molecule has 1 unspecified atom stereocenters. The van der Waals surface area contributed by atoms with Gasteiger partial charge < -0.3 is 4.74 Å². The first-order chi connectivity index (χ1) is 7.65. The molecule has 0 saturated carbocycles. The van der Waals surface area contributed by atoms with Crippen molar-refractivity contribution in [3.05, 3.63) is 30.3 Å². The van der Waals surface area contributed by atoms with Gasteiger partial charge in [-0.05, 0) is 25.5 Å². The lowest BCUT2D eigenvalue weighted by Gasteiger charge is -2.20. The quantitative estimate of drug-likeness (QED) is 0.779. The van der Waals surface area contributed by atoms with E-state index in [1.165, 1.54) is 4.90 Å². The maximum atomic E-state index is 11.7. The third-order valence-electron chi connectivity index (χ3n) is 2.41. The number of amides is 1. The third-order valence-corrected chi connectivity index (χ3v) is 2.41. The van der Waals surface area contributed by atoms with Gasteiger partial charge in [-0.2, -0.15) is 0 Å². The van der Waals surface area contributed by atoms with Gasteiger partial charge in [0.2, 0.25) is 0 Å². The summed E-state index contributed by atoms with van der Waals surface area (Å²) in [6.07, 6.45) is 1.59. The molecule has 0 N–H and O–H groups in total. The van der Waals surface area contributed by atoms with Crippen molar-refractivity contribution < 1.29 is 9.53 Å².